The third-order valence-corrected chi connectivity index (χ3v) is 7.20. The lowest BCUT2D eigenvalue weighted by Gasteiger charge is -2.19. The number of thioether (sulfide) groups is 1. The van der Waals surface area contributed by atoms with Gasteiger partial charge in [-0.25, -0.2) is 4.98 Å². The maximum absolute atomic E-state index is 13.2. The number of fused-ring (bicyclic) bond motifs is 2. The van der Waals surface area contributed by atoms with Gasteiger partial charge in [0, 0.05) is 23.2 Å². The van der Waals surface area contributed by atoms with Crippen LogP contribution in [0.5, 0.6) is 11.5 Å². The fourth-order valence-electron chi connectivity index (χ4n) is 3.59. The Labute approximate surface area is 204 Å². The van der Waals surface area contributed by atoms with E-state index in [0.29, 0.717) is 52.3 Å². The van der Waals surface area contributed by atoms with Gasteiger partial charge >= 0.3 is 0 Å². The second-order valence-corrected chi connectivity index (χ2v) is 9.46. The maximum Gasteiger partial charge on any atom is 0.263 e. The van der Waals surface area contributed by atoms with Crippen LogP contribution < -0.4 is 20.3 Å². The molecular weight excluding hydrogens is 470 g/mol. The molecule has 5 rings (SSSR count). The van der Waals surface area contributed by atoms with Gasteiger partial charge < -0.3 is 14.8 Å². The molecule has 7 nitrogen and oxygen atoms in total. The summed E-state index contributed by atoms with van der Waals surface area (Å²) in [6.07, 6.45) is 1.65. The number of anilines is 1. The minimum Gasteiger partial charge on any atom is -0.486 e. The van der Waals surface area contributed by atoms with E-state index >= 15 is 0 Å². The van der Waals surface area contributed by atoms with Crippen molar-refractivity contribution >= 4 is 44.9 Å². The smallest absolute Gasteiger partial charge is 0.263 e. The van der Waals surface area contributed by atoms with Gasteiger partial charge in [0.05, 0.1) is 11.1 Å². The molecule has 1 aliphatic rings. The number of carbonyl (C=O) groups is 1. The molecule has 9 heteroatoms. The average Bonchev–Trinajstić information content (AvgIpc) is 3.30. The summed E-state index contributed by atoms with van der Waals surface area (Å²) in [5.74, 6) is 1.16. The van der Waals surface area contributed by atoms with Crippen molar-refractivity contribution in [3.63, 3.8) is 0 Å². The first-order valence-corrected chi connectivity index (χ1v) is 12.5. The number of hydrogen-bond donors (Lipinski definition) is 1. The maximum atomic E-state index is 13.2. The SMILES string of the molecule is C=CCn1c(SCC(=O)Nc2ccc3c(c2)OCCO3)nc2sc(-c3ccccc3)cc2c1=O. The Bertz CT molecular complexity index is 1430. The highest BCUT2D eigenvalue weighted by Gasteiger charge is 2.17. The average molecular weight is 492 g/mol. The fourth-order valence-corrected chi connectivity index (χ4v) is 5.48. The first-order chi connectivity index (χ1) is 16.6. The number of hydrogen-bond acceptors (Lipinski definition) is 7. The first kappa shape index (κ1) is 22.2. The Morgan fingerprint density at radius 2 is 1.94 bits per heavy atom. The summed E-state index contributed by atoms with van der Waals surface area (Å²) in [7, 11) is 0. The minimum absolute atomic E-state index is 0.0977. The molecule has 1 amide bonds. The number of ether oxygens (including phenoxy) is 2. The summed E-state index contributed by atoms with van der Waals surface area (Å²) < 4.78 is 12.6. The third-order valence-electron chi connectivity index (χ3n) is 5.14. The number of rotatable bonds is 7. The monoisotopic (exact) mass is 491 g/mol. The van der Waals surface area contributed by atoms with Crippen molar-refractivity contribution in [2.24, 2.45) is 0 Å². The lowest BCUT2D eigenvalue weighted by Crippen LogP contribution is -2.23. The summed E-state index contributed by atoms with van der Waals surface area (Å²) in [6, 6.07) is 17.1. The van der Waals surface area contributed by atoms with Gasteiger partial charge in [-0.15, -0.1) is 17.9 Å². The normalized spacial score (nSPS) is 12.5. The van der Waals surface area contributed by atoms with Crippen LogP contribution in [0.3, 0.4) is 0 Å². The number of amides is 1. The van der Waals surface area contributed by atoms with Crippen LogP contribution in [0.2, 0.25) is 0 Å². The summed E-state index contributed by atoms with van der Waals surface area (Å²) in [5, 5.41) is 3.91. The molecular formula is C25H21N3O4S2. The van der Waals surface area contributed by atoms with Gasteiger partial charge in [-0.3, -0.25) is 14.2 Å². The molecule has 0 atom stereocenters. The van der Waals surface area contributed by atoms with E-state index < -0.39 is 0 Å². The lowest BCUT2D eigenvalue weighted by atomic mass is 10.2. The van der Waals surface area contributed by atoms with E-state index in [1.807, 2.05) is 36.4 Å². The number of nitrogens with one attached hydrogen (secondary N) is 1. The molecule has 1 N–H and O–H groups in total. The van der Waals surface area contributed by atoms with E-state index in [9.17, 15) is 9.59 Å². The third kappa shape index (κ3) is 4.57. The van der Waals surface area contributed by atoms with E-state index in [4.69, 9.17) is 14.5 Å². The number of allylic oxidation sites excluding steroid dienone is 1. The summed E-state index contributed by atoms with van der Waals surface area (Å²) >= 11 is 2.69. The van der Waals surface area contributed by atoms with E-state index in [0.717, 1.165) is 10.4 Å². The minimum atomic E-state index is -0.211. The standard InChI is InChI=1S/C25H21N3O4S2/c1-2-10-28-24(30)18-14-21(16-6-4-3-5-7-16)34-23(18)27-25(28)33-15-22(29)26-17-8-9-19-20(13-17)32-12-11-31-19/h2-9,13-14H,1,10-12,15H2,(H,26,29). The van der Waals surface area contributed by atoms with Crippen LogP contribution in [0.1, 0.15) is 0 Å². The highest BCUT2D eigenvalue weighted by Crippen LogP contribution is 2.33. The Hall–Kier alpha value is -3.56. The Morgan fingerprint density at radius 3 is 2.74 bits per heavy atom. The van der Waals surface area contributed by atoms with E-state index in [2.05, 4.69) is 11.9 Å². The highest BCUT2D eigenvalue weighted by atomic mass is 32.2. The Morgan fingerprint density at radius 1 is 1.15 bits per heavy atom. The molecule has 0 radical (unpaired) electrons. The Balaban J connectivity index is 1.37. The molecule has 2 aromatic heterocycles. The van der Waals surface area contributed by atoms with Crippen LogP contribution in [-0.2, 0) is 11.3 Å². The van der Waals surface area contributed by atoms with E-state index in [-0.39, 0.29) is 17.2 Å². The molecule has 3 heterocycles. The van der Waals surface area contributed by atoms with Crippen molar-refractivity contribution in [3.8, 4) is 21.9 Å². The van der Waals surface area contributed by atoms with Crippen molar-refractivity contribution in [2.45, 2.75) is 11.7 Å². The molecule has 172 valence electrons. The molecule has 1 aliphatic heterocycles. The van der Waals surface area contributed by atoms with Gasteiger partial charge in [0.1, 0.15) is 18.0 Å². The second kappa shape index (κ2) is 9.74. The summed E-state index contributed by atoms with van der Waals surface area (Å²) in [6.45, 7) is 5.06. The first-order valence-electron chi connectivity index (χ1n) is 10.7. The molecule has 0 spiro atoms. The topological polar surface area (TPSA) is 82.5 Å². The van der Waals surface area contributed by atoms with Crippen LogP contribution in [0, 0.1) is 0 Å². The molecule has 0 saturated carbocycles. The molecule has 0 unspecified atom stereocenters. The largest absolute Gasteiger partial charge is 0.486 e. The lowest BCUT2D eigenvalue weighted by molar-refractivity contribution is -0.113. The van der Waals surface area contributed by atoms with Gasteiger partial charge in [-0.05, 0) is 23.8 Å². The fraction of sp³-hybridized carbons (Fsp3) is 0.160. The van der Waals surface area contributed by atoms with Crippen molar-refractivity contribution in [1.82, 2.24) is 9.55 Å². The quantitative estimate of drug-likeness (QED) is 0.227. The molecule has 0 aliphatic carbocycles. The summed E-state index contributed by atoms with van der Waals surface area (Å²) in [4.78, 5) is 32.2. The van der Waals surface area contributed by atoms with Crippen molar-refractivity contribution < 1.29 is 14.3 Å². The predicted molar refractivity (Wildman–Crippen MR) is 136 cm³/mol. The zero-order valence-corrected chi connectivity index (χ0v) is 19.8. The molecule has 2 aromatic carbocycles. The van der Waals surface area contributed by atoms with Crippen LogP contribution in [0.4, 0.5) is 5.69 Å². The van der Waals surface area contributed by atoms with Crippen molar-refractivity contribution in [1.29, 1.82) is 0 Å². The van der Waals surface area contributed by atoms with Crippen molar-refractivity contribution in [2.75, 3.05) is 24.3 Å². The molecule has 0 saturated heterocycles. The van der Waals surface area contributed by atoms with Crippen LogP contribution >= 0.6 is 23.1 Å². The molecule has 4 aromatic rings. The molecule has 0 bridgehead atoms. The summed E-state index contributed by atoms with van der Waals surface area (Å²) in [5.41, 5.74) is 1.51. The van der Waals surface area contributed by atoms with Crippen LogP contribution in [0.25, 0.3) is 20.7 Å². The predicted octanol–water partition coefficient (Wildman–Crippen LogP) is 4.81. The van der Waals surface area contributed by atoms with Gasteiger partial charge in [0.25, 0.3) is 5.56 Å². The Kier molecular flexibility index (Phi) is 6.37. The highest BCUT2D eigenvalue weighted by molar-refractivity contribution is 7.99. The number of carbonyl (C=O) groups excluding carboxylic acids is 1. The molecule has 34 heavy (non-hydrogen) atoms. The number of aromatic nitrogens is 2. The zero-order valence-electron chi connectivity index (χ0n) is 18.2. The second-order valence-electron chi connectivity index (χ2n) is 7.49. The van der Waals surface area contributed by atoms with Crippen molar-refractivity contribution in [3.05, 3.63) is 77.6 Å². The number of thiophene rings is 1. The molecule has 0 fully saturated rings. The van der Waals surface area contributed by atoms with Crippen LogP contribution in [-0.4, -0.2) is 34.4 Å². The number of benzene rings is 2. The van der Waals surface area contributed by atoms with Gasteiger partial charge in [-0.1, -0.05) is 48.2 Å². The van der Waals surface area contributed by atoms with Gasteiger partial charge in [0.15, 0.2) is 16.7 Å². The van der Waals surface area contributed by atoms with E-state index in [1.54, 1.807) is 28.8 Å². The van der Waals surface area contributed by atoms with Gasteiger partial charge in [-0.2, -0.15) is 0 Å². The van der Waals surface area contributed by atoms with E-state index in [1.165, 1.54) is 23.1 Å². The zero-order chi connectivity index (χ0) is 23.5. The number of nitrogens with zero attached hydrogens (tertiary/aromatic N) is 2. The van der Waals surface area contributed by atoms with Crippen LogP contribution in [0.15, 0.2) is 77.2 Å². The van der Waals surface area contributed by atoms with Gasteiger partial charge in [0.2, 0.25) is 5.91 Å².